The molecule has 0 radical (unpaired) electrons. The van der Waals surface area contributed by atoms with Crippen LogP contribution in [-0.2, 0) is 6.42 Å². The molecule has 2 aromatic rings. The number of aromatic nitrogens is 2. The Morgan fingerprint density at radius 3 is 2.78 bits per heavy atom. The molecule has 2 rings (SSSR count). The van der Waals surface area contributed by atoms with E-state index in [-0.39, 0.29) is 10.6 Å². The minimum Gasteiger partial charge on any atom is -0.478 e. The molecule has 1 aromatic heterocycles. The van der Waals surface area contributed by atoms with Crippen LogP contribution >= 0.6 is 11.6 Å². The number of aromatic carboxylic acids is 1. The molecule has 0 saturated carbocycles. The van der Waals surface area contributed by atoms with Gasteiger partial charge in [-0.15, -0.1) is 0 Å². The third-order valence-electron chi connectivity index (χ3n) is 3.50. The highest BCUT2D eigenvalue weighted by Gasteiger charge is 2.21. The summed E-state index contributed by atoms with van der Waals surface area (Å²) < 4.78 is 14.8. The molecule has 0 amide bonds. The summed E-state index contributed by atoms with van der Waals surface area (Å²) in [4.78, 5) is 11.5. The molecule has 0 unspecified atom stereocenters. The summed E-state index contributed by atoms with van der Waals surface area (Å²) in [5, 5.41) is 13.8. The van der Waals surface area contributed by atoms with Gasteiger partial charge in [0.15, 0.2) is 0 Å². The van der Waals surface area contributed by atoms with Gasteiger partial charge in [-0.25, -0.2) is 13.9 Å². The van der Waals surface area contributed by atoms with Crippen molar-refractivity contribution in [2.45, 2.75) is 33.1 Å². The van der Waals surface area contributed by atoms with Crippen molar-refractivity contribution >= 4 is 17.6 Å². The number of nitrogens with zero attached hydrogens (tertiary/aromatic N) is 2. The molecule has 0 fully saturated rings. The number of carboxylic acid groups (broad SMARTS) is 1. The number of allylic oxidation sites excluding steroid dienone is 2. The lowest BCUT2D eigenvalue weighted by atomic mass is 10.1. The van der Waals surface area contributed by atoms with E-state index in [1.165, 1.54) is 22.9 Å². The first-order chi connectivity index (χ1) is 11.0. The van der Waals surface area contributed by atoms with Gasteiger partial charge in [0.25, 0.3) is 0 Å². The van der Waals surface area contributed by atoms with Gasteiger partial charge in [-0.3, -0.25) is 0 Å². The van der Waals surface area contributed by atoms with Gasteiger partial charge in [0, 0.05) is 0 Å². The van der Waals surface area contributed by atoms with Crippen LogP contribution in [0.15, 0.2) is 30.4 Å². The van der Waals surface area contributed by atoms with Gasteiger partial charge in [0.05, 0.1) is 22.1 Å². The van der Waals surface area contributed by atoms with Crippen LogP contribution in [0.5, 0.6) is 0 Å². The first-order valence-corrected chi connectivity index (χ1v) is 7.75. The van der Waals surface area contributed by atoms with Crippen LogP contribution in [0.25, 0.3) is 5.69 Å². The number of aryl methyl sites for hydroxylation is 1. The third-order valence-corrected chi connectivity index (χ3v) is 3.79. The molecule has 1 heterocycles. The normalized spacial score (nSPS) is 11.3. The number of carboxylic acids is 1. The molecule has 0 bridgehead atoms. The van der Waals surface area contributed by atoms with Crippen LogP contribution in [0.4, 0.5) is 4.39 Å². The van der Waals surface area contributed by atoms with Gasteiger partial charge >= 0.3 is 5.97 Å². The minimum atomic E-state index is -1.02. The van der Waals surface area contributed by atoms with Gasteiger partial charge in [0.2, 0.25) is 0 Å². The van der Waals surface area contributed by atoms with E-state index in [0.29, 0.717) is 23.5 Å². The topological polar surface area (TPSA) is 55.1 Å². The smallest absolute Gasteiger partial charge is 0.339 e. The molecule has 0 aliphatic carbocycles. The highest BCUT2D eigenvalue weighted by Crippen LogP contribution is 2.23. The van der Waals surface area contributed by atoms with E-state index in [2.05, 4.69) is 5.10 Å². The van der Waals surface area contributed by atoms with Gasteiger partial charge in [0.1, 0.15) is 11.4 Å². The summed E-state index contributed by atoms with van der Waals surface area (Å²) in [6, 6.07) is 4.19. The lowest BCUT2D eigenvalue weighted by Gasteiger charge is -2.05. The average Bonchev–Trinajstić information content (AvgIpc) is 2.83. The van der Waals surface area contributed by atoms with Gasteiger partial charge in [-0.2, -0.15) is 5.10 Å². The van der Waals surface area contributed by atoms with Crippen LogP contribution in [0.3, 0.4) is 0 Å². The number of benzene rings is 1. The van der Waals surface area contributed by atoms with Gasteiger partial charge < -0.3 is 5.11 Å². The Hall–Kier alpha value is -2.14. The second-order valence-corrected chi connectivity index (χ2v) is 5.55. The van der Waals surface area contributed by atoms with Crippen LogP contribution < -0.4 is 0 Å². The summed E-state index contributed by atoms with van der Waals surface area (Å²) in [6.07, 6.45) is 6.22. The SMILES string of the molecule is CC/C=C\CCc1nn(-c2ccc(F)c(Cl)c2)c(C)c1C(=O)O. The fourth-order valence-corrected chi connectivity index (χ4v) is 2.56. The Bertz CT molecular complexity index is 753. The fourth-order valence-electron chi connectivity index (χ4n) is 2.39. The maximum Gasteiger partial charge on any atom is 0.339 e. The summed E-state index contributed by atoms with van der Waals surface area (Å²) in [7, 11) is 0. The standard InChI is InChI=1S/C17H18ClFN2O2/c1-3-4-5-6-7-15-16(17(22)23)11(2)21(20-15)12-8-9-14(19)13(18)10-12/h4-5,8-10H,3,6-7H2,1-2H3,(H,22,23)/b5-4-. The van der Waals surface area contributed by atoms with Gasteiger partial charge in [-0.1, -0.05) is 30.7 Å². The molecular formula is C17H18ClFN2O2. The van der Waals surface area contributed by atoms with Crippen molar-refractivity contribution in [3.05, 3.63) is 58.1 Å². The molecule has 0 saturated heterocycles. The quantitative estimate of drug-likeness (QED) is 0.786. The summed E-state index contributed by atoms with van der Waals surface area (Å²) in [5.74, 6) is -1.54. The highest BCUT2D eigenvalue weighted by molar-refractivity contribution is 6.30. The van der Waals surface area contributed by atoms with E-state index < -0.39 is 11.8 Å². The molecule has 0 aliphatic rings. The zero-order valence-corrected chi connectivity index (χ0v) is 13.8. The molecule has 6 heteroatoms. The Kier molecular flexibility index (Phi) is 5.55. The number of rotatable bonds is 6. The van der Waals surface area contributed by atoms with Crippen molar-refractivity contribution < 1.29 is 14.3 Å². The largest absolute Gasteiger partial charge is 0.478 e. The first-order valence-electron chi connectivity index (χ1n) is 7.38. The number of halogens is 2. The zero-order chi connectivity index (χ0) is 17.0. The summed E-state index contributed by atoms with van der Waals surface area (Å²) in [5.41, 5.74) is 1.73. The summed E-state index contributed by atoms with van der Waals surface area (Å²) >= 11 is 5.80. The fraction of sp³-hybridized carbons (Fsp3) is 0.294. The van der Waals surface area contributed by atoms with Crippen molar-refractivity contribution in [1.29, 1.82) is 0 Å². The monoisotopic (exact) mass is 336 g/mol. The van der Waals surface area contributed by atoms with Gasteiger partial charge in [-0.05, 0) is 44.4 Å². The molecular weight excluding hydrogens is 319 g/mol. The average molecular weight is 337 g/mol. The minimum absolute atomic E-state index is 0.0262. The summed E-state index contributed by atoms with van der Waals surface area (Å²) in [6.45, 7) is 3.72. The van der Waals surface area contributed by atoms with E-state index in [0.717, 1.165) is 12.8 Å². The number of hydrogen-bond donors (Lipinski definition) is 1. The first kappa shape index (κ1) is 17.2. The molecule has 1 aromatic carbocycles. The van der Waals surface area contributed by atoms with Crippen LogP contribution in [0.1, 0.15) is 41.5 Å². The predicted molar refractivity (Wildman–Crippen MR) is 88.0 cm³/mol. The molecule has 122 valence electrons. The van der Waals surface area contributed by atoms with Crippen molar-refractivity contribution in [3.63, 3.8) is 0 Å². The van der Waals surface area contributed by atoms with E-state index in [4.69, 9.17) is 11.6 Å². The van der Waals surface area contributed by atoms with E-state index in [9.17, 15) is 14.3 Å². The van der Waals surface area contributed by atoms with E-state index >= 15 is 0 Å². The predicted octanol–water partition coefficient (Wildman–Crippen LogP) is 4.57. The van der Waals surface area contributed by atoms with E-state index in [1.807, 2.05) is 19.1 Å². The number of hydrogen-bond acceptors (Lipinski definition) is 2. The molecule has 0 atom stereocenters. The Morgan fingerprint density at radius 2 is 2.17 bits per heavy atom. The van der Waals surface area contributed by atoms with Crippen LogP contribution in [0.2, 0.25) is 5.02 Å². The maximum absolute atomic E-state index is 13.3. The van der Waals surface area contributed by atoms with E-state index in [1.54, 1.807) is 6.92 Å². The number of carbonyl (C=O) groups is 1. The zero-order valence-electron chi connectivity index (χ0n) is 13.0. The lowest BCUT2D eigenvalue weighted by Crippen LogP contribution is -2.03. The molecule has 0 aliphatic heterocycles. The Balaban J connectivity index is 2.42. The maximum atomic E-state index is 13.3. The van der Waals surface area contributed by atoms with Crippen molar-refractivity contribution in [1.82, 2.24) is 9.78 Å². The third kappa shape index (κ3) is 3.79. The van der Waals surface area contributed by atoms with Crippen molar-refractivity contribution in [3.8, 4) is 5.69 Å². The molecule has 23 heavy (non-hydrogen) atoms. The second-order valence-electron chi connectivity index (χ2n) is 5.14. The van der Waals surface area contributed by atoms with Crippen molar-refractivity contribution in [2.75, 3.05) is 0 Å². The molecule has 0 spiro atoms. The van der Waals surface area contributed by atoms with Crippen molar-refractivity contribution in [2.24, 2.45) is 0 Å². The highest BCUT2D eigenvalue weighted by atomic mass is 35.5. The van der Waals surface area contributed by atoms with Crippen LogP contribution in [-0.4, -0.2) is 20.9 Å². The lowest BCUT2D eigenvalue weighted by molar-refractivity contribution is 0.0695. The molecule has 1 N–H and O–H groups in total. The second kappa shape index (κ2) is 7.42. The molecule has 4 nitrogen and oxygen atoms in total. The van der Waals surface area contributed by atoms with Crippen LogP contribution in [0, 0.1) is 12.7 Å². The Labute approximate surface area is 139 Å². The Morgan fingerprint density at radius 1 is 1.43 bits per heavy atom.